The Bertz CT molecular complexity index is 306. The second kappa shape index (κ2) is 7.41. The lowest BCUT2D eigenvalue weighted by Crippen LogP contribution is -2.48. The van der Waals surface area contributed by atoms with Gasteiger partial charge in [-0.05, 0) is 31.6 Å². The highest BCUT2D eigenvalue weighted by molar-refractivity contribution is 5.82. The van der Waals surface area contributed by atoms with E-state index in [1.54, 1.807) is 0 Å². The monoisotopic (exact) mass is 282 g/mol. The Kier molecular flexibility index (Phi) is 5.85. The van der Waals surface area contributed by atoms with Crippen molar-refractivity contribution in [2.75, 3.05) is 33.4 Å². The number of nitrogens with two attached hydrogens (primary N) is 1. The Morgan fingerprint density at radius 3 is 2.35 bits per heavy atom. The average Bonchev–Trinajstić information content (AvgIpc) is 2.74. The first-order chi connectivity index (χ1) is 9.68. The van der Waals surface area contributed by atoms with E-state index >= 15 is 0 Å². The molecular formula is C16H30N2O2. The lowest BCUT2D eigenvalue weighted by molar-refractivity contribution is -0.142. The van der Waals surface area contributed by atoms with Crippen molar-refractivity contribution in [3.05, 3.63) is 0 Å². The maximum atomic E-state index is 12.9. The Hall–Kier alpha value is -0.610. The van der Waals surface area contributed by atoms with Gasteiger partial charge in [-0.2, -0.15) is 0 Å². The molecule has 0 bridgehead atoms. The summed E-state index contributed by atoms with van der Waals surface area (Å²) >= 11 is 0. The predicted octanol–water partition coefficient (Wildman–Crippen LogP) is 2.17. The summed E-state index contributed by atoms with van der Waals surface area (Å²) in [6, 6.07) is 0. The second-order valence-electron chi connectivity index (χ2n) is 6.64. The molecule has 1 saturated carbocycles. The van der Waals surface area contributed by atoms with Gasteiger partial charge in [-0.1, -0.05) is 25.7 Å². The van der Waals surface area contributed by atoms with E-state index in [4.69, 9.17) is 10.5 Å². The zero-order valence-corrected chi connectivity index (χ0v) is 12.9. The summed E-state index contributed by atoms with van der Waals surface area (Å²) in [7, 11) is 1.96. The largest absolute Gasteiger partial charge is 0.381 e. The van der Waals surface area contributed by atoms with Crippen LogP contribution in [0.1, 0.15) is 51.4 Å². The quantitative estimate of drug-likeness (QED) is 0.804. The van der Waals surface area contributed by atoms with Crippen LogP contribution in [-0.2, 0) is 9.53 Å². The molecule has 1 heterocycles. The minimum atomic E-state index is -0.281. The first-order valence-electron chi connectivity index (χ1n) is 8.21. The van der Waals surface area contributed by atoms with Crippen LogP contribution in [0.25, 0.3) is 0 Å². The van der Waals surface area contributed by atoms with Crippen LogP contribution in [0.3, 0.4) is 0 Å². The zero-order valence-electron chi connectivity index (χ0n) is 12.9. The fourth-order valence-corrected chi connectivity index (χ4v) is 3.71. The van der Waals surface area contributed by atoms with E-state index < -0.39 is 0 Å². The average molecular weight is 282 g/mol. The van der Waals surface area contributed by atoms with Crippen molar-refractivity contribution < 1.29 is 9.53 Å². The molecular weight excluding hydrogens is 252 g/mol. The second-order valence-corrected chi connectivity index (χ2v) is 6.64. The summed E-state index contributed by atoms with van der Waals surface area (Å²) in [5.41, 5.74) is 5.73. The van der Waals surface area contributed by atoms with Crippen molar-refractivity contribution in [1.29, 1.82) is 0 Å². The van der Waals surface area contributed by atoms with Gasteiger partial charge in [0.2, 0.25) is 5.91 Å². The lowest BCUT2D eigenvalue weighted by atomic mass is 9.79. The number of carbonyl (C=O) groups excluding carboxylic acids is 1. The molecule has 0 radical (unpaired) electrons. The van der Waals surface area contributed by atoms with Crippen LogP contribution in [0.5, 0.6) is 0 Å². The predicted molar refractivity (Wildman–Crippen MR) is 80.4 cm³/mol. The number of nitrogens with zero attached hydrogens (tertiary/aromatic N) is 1. The molecule has 0 unspecified atom stereocenters. The lowest BCUT2D eigenvalue weighted by Gasteiger charge is -2.36. The Morgan fingerprint density at radius 2 is 1.80 bits per heavy atom. The summed E-state index contributed by atoms with van der Waals surface area (Å²) < 4.78 is 5.39. The summed E-state index contributed by atoms with van der Waals surface area (Å²) in [5, 5.41) is 0. The SMILES string of the molecule is CN(CC1CCOCC1)C(=O)C1(CN)CCCCCC1. The standard InChI is InChI=1S/C16H30N2O2/c1-18(12-14-6-10-20-11-7-14)15(19)16(13-17)8-4-2-3-5-9-16/h14H,2-13,17H2,1H3. The summed E-state index contributed by atoms with van der Waals surface area (Å²) in [5.74, 6) is 0.881. The molecule has 1 aliphatic carbocycles. The van der Waals surface area contributed by atoms with Gasteiger partial charge in [0.05, 0.1) is 5.41 Å². The van der Waals surface area contributed by atoms with Crippen molar-refractivity contribution in [3.8, 4) is 0 Å². The van der Waals surface area contributed by atoms with Crippen LogP contribution < -0.4 is 5.73 Å². The maximum Gasteiger partial charge on any atom is 0.229 e. The summed E-state index contributed by atoms with van der Waals surface area (Å²) in [4.78, 5) is 14.8. The van der Waals surface area contributed by atoms with Crippen molar-refractivity contribution in [2.24, 2.45) is 17.1 Å². The van der Waals surface area contributed by atoms with E-state index in [1.165, 1.54) is 12.8 Å². The molecule has 0 aromatic heterocycles. The molecule has 1 aliphatic heterocycles. The van der Waals surface area contributed by atoms with Crippen LogP contribution in [0.15, 0.2) is 0 Å². The van der Waals surface area contributed by atoms with E-state index in [9.17, 15) is 4.79 Å². The minimum Gasteiger partial charge on any atom is -0.381 e. The molecule has 4 heteroatoms. The number of hydrogen-bond donors (Lipinski definition) is 1. The van der Waals surface area contributed by atoms with E-state index in [2.05, 4.69) is 0 Å². The van der Waals surface area contributed by atoms with Crippen molar-refractivity contribution in [1.82, 2.24) is 4.90 Å². The van der Waals surface area contributed by atoms with Crippen molar-refractivity contribution in [3.63, 3.8) is 0 Å². The molecule has 0 aromatic rings. The number of rotatable bonds is 4. The van der Waals surface area contributed by atoms with Crippen LogP contribution in [-0.4, -0.2) is 44.2 Å². The van der Waals surface area contributed by atoms with E-state index in [0.717, 1.165) is 58.3 Å². The van der Waals surface area contributed by atoms with Crippen LogP contribution in [0, 0.1) is 11.3 Å². The van der Waals surface area contributed by atoms with Crippen LogP contribution in [0.4, 0.5) is 0 Å². The molecule has 4 nitrogen and oxygen atoms in total. The molecule has 0 atom stereocenters. The first kappa shape index (κ1) is 15.8. The van der Waals surface area contributed by atoms with E-state index in [0.29, 0.717) is 12.5 Å². The number of carbonyl (C=O) groups is 1. The van der Waals surface area contributed by atoms with Crippen LogP contribution >= 0.6 is 0 Å². The molecule has 20 heavy (non-hydrogen) atoms. The van der Waals surface area contributed by atoms with Gasteiger partial charge in [0.1, 0.15) is 0 Å². The smallest absolute Gasteiger partial charge is 0.229 e. The van der Waals surface area contributed by atoms with Gasteiger partial charge in [-0.15, -0.1) is 0 Å². The highest BCUT2D eigenvalue weighted by Gasteiger charge is 2.39. The van der Waals surface area contributed by atoms with Gasteiger partial charge in [0.25, 0.3) is 0 Å². The molecule has 0 spiro atoms. The normalized spacial score (nSPS) is 24.1. The highest BCUT2D eigenvalue weighted by atomic mass is 16.5. The first-order valence-corrected chi connectivity index (χ1v) is 8.21. The van der Waals surface area contributed by atoms with Gasteiger partial charge in [-0.25, -0.2) is 0 Å². The molecule has 0 aromatic carbocycles. The van der Waals surface area contributed by atoms with Gasteiger partial charge < -0.3 is 15.4 Å². The molecule has 2 rings (SSSR count). The fourth-order valence-electron chi connectivity index (χ4n) is 3.71. The van der Waals surface area contributed by atoms with Crippen molar-refractivity contribution >= 4 is 5.91 Å². The molecule has 1 saturated heterocycles. The van der Waals surface area contributed by atoms with E-state index in [-0.39, 0.29) is 11.3 Å². The fraction of sp³-hybridized carbons (Fsp3) is 0.938. The molecule has 1 amide bonds. The van der Waals surface area contributed by atoms with Crippen molar-refractivity contribution in [2.45, 2.75) is 51.4 Å². The zero-order chi connectivity index (χ0) is 14.4. The summed E-state index contributed by atoms with van der Waals surface area (Å²) in [6.45, 7) is 3.05. The third-order valence-corrected chi connectivity index (χ3v) is 5.12. The molecule has 2 fully saturated rings. The maximum absolute atomic E-state index is 12.9. The number of ether oxygens (including phenoxy) is 1. The molecule has 116 valence electrons. The van der Waals surface area contributed by atoms with Gasteiger partial charge >= 0.3 is 0 Å². The number of hydrogen-bond acceptors (Lipinski definition) is 3. The molecule has 2 N–H and O–H groups in total. The minimum absolute atomic E-state index is 0.281. The van der Waals surface area contributed by atoms with Gasteiger partial charge in [0, 0.05) is 33.4 Å². The topological polar surface area (TPSA) is 55.6 Å². The molecule has 2 aliphatic rings. The third kappa shape index (κ3) is 3.73. The summed E-state index contributed by atoms with van der Waals surface area (Å²) in [6.07, 6.45) is 8.89. The number of amides is 1. The van der Waals surface area contributed by atoms with Gasteiger partial charge in [0.15, 0.2) is 0 Å². The Labute approximate surface area is 123 Å². The third-order valence-electron chi connectivity index (χ3n) is 5.12. The van der Waals surface area contributed by atoms with Crippen LogP contribution in [0.2, 0.25) is 0 Å². The van der Waals surface area contributed by atoms with Gasteiger partial charge in [-0.3, -0.25) is 4.79 Å². The Balaban J connectivity index is 1.95. The highest BCUT2D eigenvalue weighted by Crippen LogP contribution is 2.36. The van der Waals surface area contributed by atoms with E-state index in [1.807, 2.05) is 11.9 Å². The Morgan fingerprint density at radius 1 is 1.20 bits per heavy atom.